The van der Waals surface area contributed by atoms with Crippen LogP contribution in [0.3, 0.4) is 0 Å². The van der Waals surface area contributed by atoms with Crippen LogP contribution < -0.4 is 5.32 Å². The van der Waals surface area contributed by atoms with Crippen molar-refractivity contribution in [1.82, 2.24) is 10.2 Å². The fourth-order valence-electron chi connectivity index (χ4n) is 2.69. The summed E-state index contributed by atoms with van der Waals surface area (Å²) in [5.41, 5.74) is 0. The van der Waals surface area contributed by atoms with Crippen molar-refractivity contribution >= 4 is 11.8 Å². The van der Waals surface area contributed by atoms with E-state index < -0.39 is 0 Å². The summed E-state index contributed by atoms with van der Waals surface area (Å²) < 4.78 is 0. The molecular formula is C15H28N2O2. The summed E-state index contributed by atoms with van der Waals surface area (Å²) in [4.78, 5) is 26.3. The van der Waals surface area contributed by atoms with E-state index in [0.29, 0.717) is 6.42 Å². The van der Waals surface area contributed by atoms with Crippen LogP contribution in [0.25, 0.3) is 0 Å². The first-order valence-electron chi connectivity index (χ1n) is 7.76. The fraction of sp³-hybridized carbons (Fsp3) is 0.867. The van der Waals surface area contributed by atoms with Crippen molar-refractivity contribution in [2.75, 3.05) is 6.54 Å². The second kappa shape index (κ2) is 8.18. The molecule has 0 aromatic heterocycles. The minimum Gasteiger partial charge on any atom is -0.343 e. The molecule has 0 aliphatic carbocycles. The molecule has 110 valence electrons. The average Bonchev–Trinajstić information content (AvgIpc) is 2.40. The number of hydrogen-bond acceptors (Lipinski definition) is 2. The molecule has 1 heterocycles. The zero-order valence-corrected chi connectivity index (χ0v) is 12.6. The van der Waals surface area contributed by atoms with E-state index in [-0.39, 0.29) is 23.9 Å². The highest BCUT2D eigenvalue weighted by Crippen LogP contribution is 2.17. The lowest BCUT2D eigenvalue weighted by molar-refractivity contribution is -0.149. The van der Waals surface area contributed by atoms with Gasteiger partial charge < -0.3 is 10.2 Å². The molecule has 0 aromatic carbocycles. The standard InChI is InChI=1S/C15H28N2O2/c1-4-7-8-9-11-17-13(6-3)14(18)16-12(10-5-2)15(17)19/h12-13H,4-11H2,1-3H3,(H,16,18). The van der Waals surface area contributed by atoms with Gasteiger partial charge in [0.05, 0.1) is 0 Å². The molecule has 0 aromatic rings. The molecule has 0 saturated carbocycles. The minimum absolute atomic E-state index is 0.0241. The number of rotatable bonds is 8. The molecule has 1 aliphatic rings. The van der Waals surface area contributed by atoms with E-state index >= 15 is 0 Å². The molecule has 19 heavy (non-hydrogen) atoms. The summed E-state index contributed by atoms with van der Waals surface area (Å²) in [6.45, 7) is 6.91. The Morgan fingerprint density at radius 2 is 1.79 bits per heavy atom. The predicted molar refractivity (Wildman–Crippen MR) is 76.8 cm³/mol. The Morgan fingerprint density at radius 1 is 1.05 bits per heavy atom. The maximum atomic E-state index is 12.4. The molecule has 1 saturated heterocycles. The summed E-state index contributed by atoms with van der Waals surface area (Å²) >= 11 is 0. The van der Waals surface area contributed by atoms with Gasteiger partial charge in [0.2, 0.25) is 11.8 Å². The normalized spacial score (nSPS) is 23.6. The molecule has 4 nitrogen and oxygen atoms in total. The van der Waals surface area contributed by atoms with E-state index in [4.69, 9.17) is 0 Å². The average molecular weight is 268 g/mol. The van der Waals surface area contributed by atoms with Gasteiger partial charge in [0, 0.05) is 6.54 Å². The Kier molecular flexibility index (Phi) is 6.89. The van der Waals surface area contributed by atoms with Crippen LogP contribution in [0.5, 0.6) is 0 Å². The lowest BCUT2D eigenvalue weighted by Crippen LogP contribution is -2.63. The van der Waals surface area contributed by atoms with Crippen molar-refractivity contribution in [3.05, 3.63) is 0 Å². The number of nitrogens with zero attached hydrogens (tertiary/aromatic N) is 1. The zero-order valence-electron chi connectivity index (χ0n) is 12.6. The van der Waals surface area contributed by atoms with Gasteiger partial charge >= 0.3 is 0 Å². The molecular weight excluding hydrogens is 240 g/mol. The number of hydrogen-bond donors (Lipinski definition) is 1. The first-order valence-corrected chi connectivity index (χ1v) is 7.76. The third kappa shape index (κ3) is 4.22. The predicted octanol–water partition coefficient (Wildman–Crippen LogP) is 2.47. The highest BCUT2D eigenvalue weighted by Gasteiger charge is 2.38. The quantitative estimate of drug-likeness (QED) is 0.688. The molecule has 1 fully saturated rings. The van der Waals surface area contributed by atoms with Gasteiger partial charge in [-0.05, 0) is 19.3 Å². The van der Waals surface area contributed by atoms with E-state index in [1.54, 1.807) is 0 Å². The molecule has 2 atom stereocenters. The van der Waals surface area contributed by atoms with Crippen molar-refractivity contribution in [3.8, 4) is 0 Å². The maximum Gasteiger partial charge on any atom is 0.245 e. The largest absolute Gasteiger partial charge is 0.343 e. The van der Waals surface area contributed by atoms with Crippen molar-refractivity contribution in [3.63, 3.8) is 0 Å². The van der Waals surface area contributed by atoms with Crippen LogP contribution in [0, 0.1) is 0 Å². The van der Waals surface area contributed by atoms with Gasteiger partial charge in [-0.15, -0.1) is 0 Å². The highest BCUT2D eigenvalue weighted by molar-refractivity contribution is 5.96. The molecule has 0 radical (unpaired) electrons. The second-order valence-corrected chi connectivity index (χ2v) is 5.37. The van der Waals surface area contributed by atoms with Crippen LogP contribution in [0.4, 0.5) is 0 Å². The maximum absolute atomic E-state index is 12.4. The third-order valence-corrected chi connectivity index (χ3v) is 3.79. The molecule has 0 spiro atoms. The Balaban J connectivity index is 2.64. The van der Waals surface area contributed by atoms with Crippen LogP contribution in [0.1, 0.15) is 65.7 Å². The van der Waals surface area contributed by atoms with Crippen molar-refractivity contribution in [1.29, 1.82) is 0 Å². The monoisotopic (exact) mass is 268 g/mol. The number of unbranched alkanes of at least 4 members (excludes halogenated alkanes) is 3. The molecule has 1 aliphatic heterocycles. The number of carbonyl (C=O) groups excluding carboxylic acids is 2. The number of piperazine rings is 1. The summed E-state index contributed by atoms with van der Waals surface area (Å²) in [7, 11) is 0. The smallest absolute Gasteiger partial charge is 0.245 e. The first-order chi connectivity index (χ1) is 9.15. The van der Waals surface area contributed by atoms with Crippen LogP contribution >= 0.6 is 0 Å². The topological polar surface area (TPSA) is 49.4 Å². The van der Waals surface area contributed by atoms with E-state index in [1.807, 2.05) is 18.7 Å². The van der Waals surface area contributed by atoms with Crippen LogP contribution in [0.15, 0.2) is 0 Å². The molecule has 2 amide bonds. The third-order valence-electron chi connectivity index (χ3n) is 3.79. The van der Waals surface area contributed by atoms with Gasteiger partial charge in [0.25, 0.3) is 0 Å². The summed E-state index contributed by atoms with van der Waals surface area (Å²) in [5, 5.41) is 2.87. The Labute approximate surface area is 116 Å². The van der Waals surface area contributed by atoms with Gasteiger partial charge in [0.15, 0.2) is 0 Å². The van der Waals surface area contributed by atoms with Gasteiger partial charge in [-0.25, -0.2) is 0 Å². The van der Waals surface area contributed by atoms with E-state index in [2.05, 4.69) is 12.2 Å². The van der Waals surface area contributed by atoms with Gasteiger partial charge in [-0.1, -0.05) is 46.5 Å². The zero-order chi connectivity index (χ0) is 14.3. The molecule has 2 unspecified atom stereocenters. The molecule has 1 rings (SSSR count). The highest BCUT2D eigenvalue weighted by atomic mass is 16.2. The van der Waals surface area contributed by atoms with E-state index in [1.165, 1.54) is 12.8 Å². The van der Waals surface area contributed by atoms with Crippen molar-refractivity contribution in [2.45, 2.75) is 77.8 Å². The summed E-state index contributed by atoms with van der Waals surface area (Å²) in [5.74, 6) is 0.140. The van der Waals surface area contributed by atoms with Gasteiger partial charge in [-0.2, -0.15) is 0 Å². The number of nitrogens with one attached hydrogen (secondary N) is 1. The first kappa shape index (κ1) is 16.0. The van der Waals surface area contributed by atoms with E-state index in [0.717, 1.165) is 32.2 Å². The van der Waals surface area contributed by atoms with E-state index in [9.17, 15) is 9.59 Å². The van der Waals surface area contributed by atoms with Gasteiger partial charge in [0.1, 0.15) is 12.1 Å². The number of amides is 2. The lowest BCUT2D eigenvalue weighted by atomic mass is 10.0. The second-order valence-electron chi connectivity index (χ2n) is 5.37. The van der Waals surface area contributed by atoms with Gasteiger partial charge in [-0.3, -0.25) is 9.59 Å². The van der Waals surface area contributed by atoms with Crippen LogP contribution in [0.2, 0.25) is 0 Å². The SMILES string of the molecule is CCCCCCN1C(=O)C(CCC)NC(=O)C1CC. The fourth-order valence-corrected chi connectivity index (χ4v) is 2.69. The van der Waals surface area contributed by atoms with Crippen molar-refractivity contribution < 1.29 is 9.59 Å². The van der Waals surface area contributed by atoms with Crippen molar-refractivity contribution in [2.24, 2.45) is 0 Å². The Bertz CT molecular complexity index is 305. The molecule has 0 bridgehead atoms. The number of carbonyl (C=O) groups is 2. The summed E-state index contributed by atoms with van der Waals surface area (Å²) in [6.07, 6.45) is 6.88. The Morgan fingerprint density at radius 3 is 2.37 bits per heavy atom. The Hall–Kier alpha value is -1.06. The van der Waals surface area contributed by atoms with Crippen LogP contribution in [-0.2, 0) is 9.59 Å². The molecule has 4 heteroatoms. The lowest BCUT2D eigenvalue weighted by Gasteiger charge is -2.38. The van der Waals surface area contributed by atoms with Crippen LogP contribution in [-0.4, -0.2) is 35.3 Å². The minimum atomic E-state index is -0.300. The summed E-state index contributed by atoms with van der Waals surface area (Å²) in [6, 6.07) is -0.561. The molecule has 1 N–H and O–H groups in total.